The Bertz CT molecular complexity index is 1070. The molecule has 0 unspecified atom stereocenters. The van der Waals surface area contributed by atoms with E-state index in [4.69, 9.17) is 9.84 Å². The second-order valence-electron chi connectivity index (χ2n) is 8.15. The van der Waals surface area contributed by atoms with Crippen LogP contribution in [0.3, 0.4) is 0 Å². The van der Waals surface area contributed by atoms with Crippen molar-refractivity contribution in [3.05, 3.63) is 48.4 Å². The first-order valence-corrected chi connectivity index (χ1v) is 11.4. The Morgan fingerprint density at radius 1 is 1.16 bits per heavy atom. The number of halogens is 1. The molecule has 0 atom stereocenters. The highest BCUT2D eigenvalue weighted by Gasteiger charge is 2.25. The molecule has 4 rings (SSSR count). The predicted octanol–water partition coefficient (Wildman–Crippen LogP) is 5.69. The van der Waals surface area contributed by atoms with Crippen molar-refractivity contribution in [2.45, 2.75) is 52.5 Å². The summed E-state index contributed by atoms with van der Waals surface area (Å²) < 4.78 is 21.3. The van der Waals surface area contributed by atoms with Crippen molar-refractivity contribution in [3.63, 3.8) is 0 Å². The molecule has 0 saturated carbocycles. The molecular formula is C25H29FN4O2. The molecule has 6 nitrogen and oxygen atoms in total. The second-order valence-corrected chi connectivity index (χ2v) is 8.15. The molecule has 1 amide bonds. The highest BCUT2D eigenvalue weighted by molar-refractivity contribution is 5.93. The zero-order chi connectivity index (χ0) is 22.5. The number of aromatic nitrogens is 3. The lowest BCUT2D eigenvalue weighted by Gasteiger charge is -2.17. The minimum atomic E-state index is -0.293. The van der Waals surface area contributed by atoms with E-state index < -0.39 is 0 Å². The summed E-state index contributed by atoms with van der Waals surface area (Å²) >= 11 is 0. The number of amides is 1. The number of fused-ring (bicyclic) bond motifs is 1. The summed E-state index contributed by atoms with van der Waals surface area (Å²) in [7, 11) is 0. The molecule has 168 valence electrons. The van der Waals surface area contributed by atoms with Gasteiger partial charge in [-0.15, -0.1) is 0 Å². The van der Waals surface area contributed by atoms with Crippen LogP contribution in [-0.4, -0.2) is 27.3 Å². The Kier molecular flexibility index (Phi) is 6.83. The third-order valence-electron chi connectivity index (χ3n) is 5.72. The first-order chi connectivity index (χ1) is 15.6. The van der Waals surface area contributed by atoms with Gasteiger partial charge < -0.3 is 10.1 Å². The van der Waals surface area contributed by atoms with Gasteiger partial charge in [0.15, 0.2) is 0 Å². The number of benzene rings is 1. The van der Waals surface area contributed by atoms with E-state index in [2.05, 4.69) is 24.1 Å². The molecule has 1 aromatic carbocycles. The summed E-state index contributed by atoms with van der Waals surface area (Å²) in [5, 5.41) is 7.75. The maximum Gasteiger partial charge on any atom is 0.228 e. The van der Waals surface area contributed by atoms with E-state index >= 15 is 0 Å². The Morgan fingerprint density at radius 2 is 1.91 bits per heavy atom. The lowest BCUT2D eigenvalue weighted by atomic mass is 9.97. The number of nitrogens with zero attached hydrogens (tertiary/aromatic N) is 3. The number of carbonyl (C=O) groups is 1. The summed E-state index contributed by atoms with van der Waals surface area (Å²) in [6.07, 6.45) is 6.21. The Morgan fingerprint density at radius 3 is 2.62 bits per heavy atom. The number of rotatable bonds is 8. The van der Waals surface area contributed by atoms with Crippen LogP contribution < -0.4 is 10.1 Å². The van der Waals surface area contributed by atoms with Crippen molar-refractivity contribution in [2.24, 2.45) is 5.92 Å². The van der Waals surface area contributed by atoms with Gasteiger partial charge in [0.25, 0.3) is 0 Å². The van der Waals surface area contributed by atoms with E-state index in [9.17, 15) is 9.18 Å². The van der Waals surface area contributed by atoms with Crippen molar-refractivity contribution in [2.75, 3.05) is 11.9 Å². The van der Waals surface area contributed by atoms with Gasteiger partial charge in [-0.2, -0.15) is 5.10 Å². The lowest BCUT2D eigenvalue weighted by Crippen LogP contribution is -2.23. The maximum absolute atomic E-state index is 13.5. The number of anilines is 1. The highest BCUT2D eigenvalue weighted by Crippen LogP contribution is 2.41. The monoisotopic (exact) mass is 436 g/mol. The van der Waals surface area contributed by atoms with E-state index in [-0.39, 0.29) is 17.6 Å². The van der Waals surface area contributed by atoms with Crippen LogP contribution in [0.4, 0.5) is 10.2 Å². The normalized spacial score (nSPS) is 13.0. The Balaban J connectivity index is 1.70. The van der Waals surface area contributed by atoms with Gasteiger partial charge in [-0.3, -0.25) is 4.79 Å². The molecule has 2 aromatic heterocycles. The van der Waals surface area contributed by atoms with Crippen molar-refractivity contribution < 1.29 is 13.9 Å². The Hall–Kier alpha value is -3.22. The number of carbonyl (C=O) groups excluding carboxylic acids is 1. The van der Waals surface area contributed by atoms with Crippen LogP contribution >= 0.6 is 0 Å². The first-order valence-electron chi connectivity index (χ1n) is 11.4. The molecule has 0 bridgehead atoms. The van der Waals surface area contributed by atoms with Gasteiger partial charge in [-0.25, -0.2) is 14.1 Å². The SMILES string of the molecule is CCCC(CCC)C(=O)Nc1cc(-c2c(-c3ccc(F)cc3)nn3c2OCCC3)ccn1. The number of nitrogens with one attached hydrogen (secondary N) is 1. The molecule has 0 aliphatic carbocycles. The van der Waals surface area contributed by atoms with Crippen molar-refractivity contribution in [3.8, 4) is 28.3 Å². The molecule has 1 aliphatic heterocycles. The van der Waals surface area contributed by atoms with Crippen molar-refractivity contribution in [1.82, 2.24) is 14.8 Å². The van der Waals surface area contributed by atoms with E-state index in [1.807, 2.05) is 16.8 Å². The van der Waals surface area contributed by atoms with Gasteiger partial charge in [0.05, 0.1) is 12.2 Å². The minimum Gasteiger partial charge on any atom is -0.477 e. The molecule has 0 spiro atoms. The topological polar surface area (TPSA) is 69.0 Å². The van der Waals surface area contributed by atoms with E-state index in [1.54, 1.807) is 18.3 Å². The first kappa shape index (κ1) is 22.0. The van der Waals surface area contributed by atoms with Gasteiger partial charge in [-0.05, 0) is 54.8 Å². The van der Waals surface area contributed by atoms with Crippen LogP contribution in [0, 0.1) is 11.7 Å². The van der Waals surface area contributed by atoms with Gasteiger partial charge in [0.1, 0.15) is 17.3 Å². The summed E-state index contributed by atoms with van der Waals surface area (Å²) in [6, 6.07) is 10.0. The number of hydrogen-bond donors (Lipinski definition) is 1. The molecule has 7 heteroatoms. The molecule has 3 aromatic rings. The average Bonchev–Trinajstić information content (AvgIpc) is 3.19. The van der Waals surface area contributed by atoms with Gasteiger partial charge in [-0.1, -0.05) is 26.7 Å². The van der Waals surface area contributed by atoms with E-state index in [0.717, 1.165) is 61.0 Å². The predicted molar refractivity (Wildman–Crippen MR) is 123 cm³/mol. The van der Waals surface area contributed by atoms with Crippen LogP contribution in [0.15, 0.2) is 42.6 Å². The van der Waals surface area contributed by atoms with Crippen LogP contribution in [0.2, 0.25) is 0 Å². The molecule has 0 saturated heterocycles. The number of ether oxygens (including phenoxy) is 1. The lowest BCUT2D eigenvalue weighted by molar-refractivity contribution is -0.120. The molecule has 32 heavy (non-hydrogen) atoms. The van der Waals surface area contributed by atoms with Gasteiger partial charge in [0.2, 0.25) is 11.8 Å². The van der Waals surface area contributed by atoms with E-state index in [1.165, 1.54) is 12.1 Å². The van der Waals surface area contributed by atoms with E-state index in [0.29, 0.717) is 18.3 Å². The second kappa shape index (κ2) is 9.94. The third kappa shape index (κ3) is 4.66. The zero-order valence-corrected chi connectivity index (χ0v) is 18.6. The smallest absolute Gasteiger partial charge is 0.228 e. The molecular weight excluding hydrogens is 407 g/mol. The zero-order valence-electron chi connectivity index (χ0n) is 18.6. The molecule has 1 N–H and O–H groups in total. The summed E-state index contributed by atoms with van der Waals surface area (Å²) in [6.45, 7) is 5.56. The average molecular weight is 437 g/mol. The van der Waals surface area contributed by atoms with Crippen molar-refractivity contribution in [1.29, 1.82) is 0 Å². The largest absolute Gasteiger partial charge is 0.477 e. The summed E-state index contributed by atoms with van der Waals surface area (Å²) in [5.41, 5.74) is 3.20. The molecule has 1 aliphatic rings. The van der Waals surface area contributed by atoms with Gasteiger partial charge in [0, 0.05) is 30.6 Å². The number of aryl methyl sites for hydroxylation is 1. The number of hydrogen-bond acceptors (Lipinski definition) is 4. The van der Waals surface area contributed by atoms with Gasteiger partial charge >= 0.3 is 0 Å². The van der Waals surface area contributed by atoms with Crippen LogP contribution in [-0.2, 0) is 11.3 Å². The Labute approximate surface area is 187 Å². The molecule has 0 radical (unpaired) electrons. The van der Waals surface area contributed by atoms with Crippen LogP contribution in [0.5, 0.6) is 5.88 Å². The number of pyridine rings is 1. The summed E-state index contributed by atoms with van der Waals surface area (Å²) in [5.74, 6) is 0.889. The highest BCUT2D eigenvalue weighted by atomic mass is 19.1. The van der Waals surface area contributed by atoms with Crippen LogP contribution in [0.25, 0.3) is 22.4 Å². The molecule has 0 fully saturated rings. The fraction of sp³-hybridized carbons (Fsp3) is 0.400. The van der Waals surface area contributed by atoms with Crippen molar-refractivity contribution >= 4 is 11.7 Å². The quantitative estimate of drug-likeness (QED) is 0.493. The van der Waals surface area contributed by atoms with Crippen LogP contribution in [0.1, 0.15) is 46.0 Å². The maximum atomic E-state index is 13.5. The summed E-state index contributed by atoms with van der Waals surface area (Å²) in [4.78, 5) is 17.2. The fourth-order valence-corrected chi connectivity index (χ4v) is 4.18. The fourth-order valence-electron chi connectivity index (χ4n) is 4.18. The minimum absolute atomic E-state index is 0.00499. The third-order valence-corrected chi connectivity index (χ3v) is 5.72. The standard InChI is InChI=1S/C25H29FN4O2/c1-3-6-18(7-4-2)24(31)28-21-16-19(12-13-27-21)22-23(17-8-10-20(26)11-9-17)29-30-14-5-15-32-25(22)30/h8-13,16,18H,3-7,14-15H2,1-2H3,(H,27,28,31). The molecule has 3 heterocycles.